The Balaban J connectivity index is 3.60. The van der Waals surface area contributed by atoms with Crippen molar-refractivity contribution in [1.29, 1.82) is 0 Å². The molecule has 0 aliphatic heterocycles. The van der Waals surface area contributed by atoms with Crippen LogP contribution in [-0.4, -0.2) is 32.0 Å². The molecule has 0 bridgehead atoms. The summed E-state index contributed by atoms with van der Waals surface area (Å²) in [6, 6.07) is 0. The Morgan fingerprint density at radius 1 is 1.36 bits per heavy atom. The van der Waals surface area contributed by atoms with E-state index in [1.807, 2.05) is 0 Å². The van der Waals surface area contributed by atoms with Crippen molar-refractivity contribution in [2.45, 2.75) is 51.7 Å². The molecule has 0 aliphatic carbocycles. The van der Waals surface area contributed by atoms with Gasteiger partial charge in [-0.3, -0.25) is 0 Å². The minimum atomic E-state index is -0.0919. The SMILES string of the molecule is CCCC(CN)OCCC(C)(C)OC. The van der Waals surface area contributed by atoms with Gasteiger partial charge in [0, 0.05) is 20.3 Å². The number of ether oxygens (including phenoxy) is 2. The van der Waals surface area contributed by atoms with Crippen LogP contribution in [0.4, 0.5) is 0 Å². The van der Waals surface area contributed by atoms with Crippen LogP contribution in [0.5, 0.6) is 0 Å². The fraction of sp³-hybridized carbons (Fsp3) is 1.00. The summed E-state index contributed by atoms with van der Waals surface area (Å²) in [6.07, 6.45) is 3.29. The largest absolute Gasteiger partial charge is 0.379 e. The first-order chi connectivity index (χ1) is 6.55. The molecule has 1 unspecified atom stereocenters. The van der Waals surface area contributed by atoms with E-state index in [1.165, 1.54) is 0 Å². The van der Waals surface area contributed by atoms with Crippen molar-refractivity contribution < 1.29 is 9.47 Å². The minimum Gasteiger partial charge on any atom is -0.379 e. The molecule has 0 heterocycles. The lowest BCUT2D eigenvalue weighted by molar-refractivity contribution is -0.0265. The third kappa shape index (κ3) is 6.35. The average Bonchev–Trinajstić information content (AvgIpc) is 2.16. The molecule has 0 spiro atoms. The first kappa shape index (κ1) is 13.9. The van der Waals surface area contributed by atoms with Crippen molar-refractivity contribution in [3.8, 4) is 0 Å². The molecule has 0 amide bonds. The van der Waals surface area contributed by atoms with Gasteiger partial charge in [0.25, 0.3) is 0 Å². The van der Waals surface area contributed by atoms with Crippen LogP contribution in [0.15, 0.2) is 0 Å². The lowest BCUT2D eigenvalue weighted by atomic mass is 10.1. The van der Waals surface area contributed by atoms with E-state index in [0.717, 1.165) is 25.9 Å². The van der Waals surface area contributed by atoms with Gasteiger partial charge in [-0.25, -0.2) is 0 Å². The predicted molar refractivity (Wildman–Crippen MR) is 59.4 cm³/mol. The highest BCUT2D eigenvalue weighted by Crippen LogP contribution is 2.13. The van der Waals surface area contributed by atoms with Crippen LogP contribution in [0.3, 0.4) is 0 Å². The molecule has 14 heavy (non-hydrogen) atoms. The first-order valence-corrected chi connectivity index (χ1v) is 5.42. The van der Waals surface area contributed by atoms with Crippen LogP contribution < -0.4 is 5.73 Å². The Bertz CT molecular complexity index is 137. The molecule has 0 saturated heterocycles. The summed E-state index contributed by atoms with van der Waals surface area (Å²) in [5.74, 6) is 0. The van der Waals surface area contributed by atoms with Gasteiger partial charge in [-0.05, 0) is 26.7 Å². The summed E-state index contributed by atoms with van der Waals surface area (Å²) in [7, 11) is 1.73. The molecule has 86 valence electrons. The molecule has 0 fully saturated rings. The lowest BCUT2D eigenvalue weighted by Gasteiger charge is -2.24. The Morgan fingerprint density at radius 3 is 2.43 bits per heavy atom. The van der Waals surface area contributed by atoms with Gasteiger partial charge < -0.3 is 15.2 Å². The molecule has 3 nitrogen and oxygen atoms in total. The molecular formula is C11H25NO2. The topological polar surface area (TPSA) is 44.5 Å². The zero-order valence-electron chi connectivity index (χ0n) is 10.0. The third-order valence-corrected chi connectivity index (χ3v) is 2.48. The molecule has 0 aromatic heterocycles. The molecule has 0 saturated carbocycles. The van der Waals surface area contributed by atoms with Gasteiger partial charge in [0.05, 0.1) is 11.7 Å². The summed E-state index contributed by atoms with van der Waals surface area (Å²) in [5, 5.41) is 0. The molecular weight excluding hydrogens is 178 g/mol. The maximum Gasteiger partial charge on any atom is 0.0697 e. The molecule has 2 N–H and O–H groups in total. The lowest BCUT2D eigenvalue weighted by Crippen LogP contribution is -2.29. The highest BCUT2D eigenvalue weighted by atomic mass is 16.5. The van der Waals surface area contributed by atoms with Gasteiger partial charge in [0.15, 0.2) is 0 Å². The van der Waals surface area contributed by atoms with E-state index in [9.17, 15) is 0 Å². The molecule has 0 rings (SSSR count). The van der Waals surface area contributed by atoms with Crippen LogP contribution in [0.2, 0.25) is 0 Å². The van der Waals surface area contributed by atoms with E-state index in [1.54, 1.807) is 7.11 Å². The molecule has 0 aromatic carbocycles. The van der Waals surface area contributed by atoms with E-state index in [-0.39, 0.29) is 11.7 Å². The second-order valence-corrected chi connectivity index (χ2v) is 4.23. The Hall–Kier alpha value is -0.120. The Kier molecular flexibility index (Phi) is 7.15. The zero-order chi connectivity index (χ0) is 11.0. The number of hydrogen-bond acceptors (Lipinski definition) is 3. The highest BCUT2D eigenvalue weighted by molar-refractivity contribution is 4.67. The minimum absolute atomic E-state index is 0.0919. The van der Waals surface area contributed by atoms with Crippen molar-refractivity contribution in [2.75, 3.05) is 20.3 Å². The quantitative estimate of drug-likeness (QED) is 0.655. The summed E-state index contributed by atoms with van der Waals surface area (Å²) in [4.78, 5) is 0. The molecule has 0 aliphatic rings. The van der Waals surface area contributed by atoms with Gasteiger partial charge in [-0.2, -0.15) is 0 Å². The van der Waals surface area contributed by atoms with Crippen molar-refractivity contribution >= 4 is 0 Å². The molecule has 0 aromatic rings. The maximum absolute atomic E-state index is 5.66. The van der Waals surface area contributed by atoms with Gasteiger partial charge in [0.2, 0.25) is 0 Å². The van der Waals surface area contributed by atoms with Gasteiger partial charge in [-0.1, -0.05) is 13.3 Å². The molecule has 0 radical (unpaired) electrons. The average molecular weight is 203 g/mol. The van der Waals surface area contributed by atoms with Crippen LogP contribution in [-0.2, 0) is 9.47 Å². The molecule has 1 atom stereocenters. The summed E-state index contributed by atoms with van der Waals surface area (Å²) in [6.45, 7) is 7.61. The normalized spacial score (nSPS) is 14.4. The van der Waals surface area contributed by atoms with Crippen LogP contribution in [0, 0.1) is 0 Å². The fourth-order valence-corrected chi connectivity index (χ4v) is 1.16. The van der Waals surface area contributed by atoms with Gasteiger partial charge in [0.1, 0.15) is 0 Å². The number of rotatable bonds is 8. The summed E-state index contributed by atoms with van der Waals surface area (Å²) >= 11 is 0. The van der Waals surface area contributed by atoms with Crippen molar-refractivity contribution in [1.82, 2.24) is 0 Å². The van der Waals surface area contributed by atoms with E-state index in [0.29, 0.717) is 6.54 Å². The molecule has 3 heteroatoms. The van der Waals surface area contributed by atoms with E-state index < -0.39 is 0 Å². The van der Waals surface area contributed by atoms with Crippen molar-refractivity contribution in [2.24, 2.45) is 5.73 Å². The number of hydrogen-bond donors (Lipinski definition) is 1. The predicted octanol–water partition coefficient (Wildman–Crippen LogP) is 1.95. The maximum atomic E-state index is 5.66. The van der Waals surface area contributed by atoms with E-state index >= 15 is 0 Å². The van der Waals surface area contributed by atoms with Crippen molar-refractivity contribution in [3.05, 3.63) is 0 Å². The summed E-state index contributed by atoms with van der Waals surface area (Å²) in [5.41, 5.74) is 5.49. The van der Waals surface area contributed by atoms with Gasteiger partial charge >= 0.3 is 0 Å². The second-order valence-electron chi connectivity index (χ2n) is 4.23. The number of nitrogens with two attached hydrogens (primary N) is 1. The standard InChI is InChI=1S/C11H25NO2/c1-5-6-10(9-12)14-8-7-11(2,3)13-4/h10H,5-9,12H2,1-4H3. The second kappa shape index (κ2) is 7.21. The van der Waals surface area contributed by atoms with E-state index in [4.69, 9.17) is 15.2 Å². The smallest absolute Gasteiger partial charge is 0.0697 e. The van der Waals surface area contributed by atoms with Gasteiger partial charge in [-0.15, -0.1) is 0 Å². The van der Waals surface area contributed by atoms with Crippen LogP contribution >= 0.6 is 0 Å². The Labute approximate surface area is 88.0 Å². The van der Waals surface area contributed by atoms with Crippen LogP contribution in [0.1, 0.15) is 40.0 Å². The number of methoxy groups -OCH3 is 1. The summed E-state index contributed by atoms with van der Waals surface area (Å²) < 4.78 is 11.0. The third-order valence-electron chi connectivity index (χ3n) is 2.48. The zero-order valence-corrected chi connectivity index (χ0v) is 10.0. The first-order valence-electron chi connectivity index (χ1n) is 5.42. The monoisotopic (exact) mass is 203 g/mol. The fourth-order valence-electron chi connectivity index (χ4n) is 1.16. The van der Waals surface area contributed by atoms with Crippen molar-refractivity contribution in [3.63, 3.8) is 0 Å². The highest BCUT2D eigenvalue weighted by Gasteiger charge is 2.16. The van der Waals surface area contributed by atoms with Crippen LogP contribution in [0.25, 0.3) is 0 Å². The Morgan fingerprint density at radius 2 is 2.00 bits per heavy atom. The van der Waals surface area contributed by atoms with E-state index in [2.05, 4.69) is 20.8 Å².